The summed E-state index contributed by atoms with van der Waals surface area (Å²) in [6.07, 6.45) is 2.00. The fraction of sp³-hybridized carbons (Fsp3) is 0.273. The van der Waals surface area contributed by atoms with Gasteiger partial charge in [-0.15, -0.1) is 0 Å². The van der Waals surface area contributed by atoms with Gasteiger partial charge < -0.3 is 4.57 Å². The number of nitrogens with zero attached hydrogens (tertiary/aromatic N) is 2. The van der Waals surface area contributed by atoms with E-state index in [4.69, 9.17) is 0 Å². The van der Waals surface area contributed by atoms with Crippen LogP contribution in [0, 0.1) is 12.8 Å². The quantitative estimate of drug-likeness (QED) is 0.619. The van der Waals surface area contributed by atoms with Gasteiger partial charge in [0.25, 0.3) is 10.0 Å². The summed E-state index contributed by atoms with van der Waals surface area (Å²) >= 11 is 0. The summed E-state index contributed by atoms with van der Waals surface area (Å²) in [5.74, 6) is -1.16. The first-order valence-electron chi connectivity index (χ1n) is 9.49. The van der Waals surface area contributed by atoms with Gasteiger partial charge in [-0.1, -0.05) is 35.9 Å². The molecule has 0 N–H and O–H groups in total. The van der Waals surface area contributed by atoms with E-state index in [0.717, 1.165) is 20.8 Å². The van der Waals surface area contributed by atoms with Crippen molar-refractivity contribution < 1.29 is 18.0 Å². The monoisotopic (exact) mass is 410 g/mol. The average molecular weight is 410 g/mol. The van der Waals surface area contributed by atoms with Crippen LogP contribution in [0.25, 0.3) is 10.9 Å². The van der Waals surface area contributed by atoms with Crippen molar-refractivity contribution in [2.75, 3.05) is 6.54 Å². The van der Waals surface area contributed by atoms with Crippen molar-refractivity contribution in [3.63, 3.8) is 0 Å². The molecule has 2 heterocycles. The van der Waals surface area contributed by atoms with Gasteiger partial charge in [0.05, 0.1) is 4.90 Å². The molecule has 0 aliphatic carbocycles. The number of rotatable bonds is 4. The lowest BCUT2D eigenvalue weighted by atomic mass is 9.89. The highest BCUT2D eigenvalue weighted by Crippen LogP contribution is 2.30. The second-order valence-electron chi connectivity index (χ2n) is 7.51. The summed E-state index contributed by atoms with van der Waals surface area (Å²) in [5.41, 5.74) is 2.46. The molecule has 4 rings (SSSR count). The van der Waals surface area contributed by atoms with Crippen LogP contribution in [0.1, 0.15) is 28.8 Å². The first kappa shape index (κ1) is 19.4. The largest absolute Gasteiger partial charge is 0.350 e. The number of Topliss-reactive ketones (excluding diaryl/α,β-unsaturated/α-hetero) is 1. The van der Waals surface area contributed by atoms with Crippen LogP contribution in [-0.2, 0) is 21.9 Å². The van der Waals surface area contributed by atoms with E-state index in [9.17, 15) is 18.0 Å². The number of ketones is 1. The minimum atomic E-state index is -3.90. The number of sulfonamides is 1. The minimum absolute atomic E-state index is 0.0101. The molecule has 1 saturated heterocycles. The molecule has 29 heavy (non-hydrogen) atoms. The molecule has 6 nitrogen and oxygen atoms in total. The molecular weight excluding hydrogens is 388 g/mol. The fourth-order valence-electron chi connectivity index (χ4n) is 3.89. The van der Waals surface area contributed by atoms with Crippen molar-refractivity contribution >= 4 is 32.6 Å². The fourth-order valence-corrected chi connectivity index (χ4v) is 5.31. The summed E-state index contributed by atoms with van der Waals surface area (Å²) < 4.78 is 28.5. The Hall–Kier alpha value is -2.93. The van der Waals surface area contributed by atoms with E-state index in [1.54, 1.807) is 18.3 Å². The minimum Gasteiger partial charge on any atom is -0.350 e. The van der Waals surface area contributed by atoms with E-state index in [1.807, 2.05) is 42.8 Å². The zero-order chi connectivity index (χ0) is 20.8. The highest BCUT2D eigenvalue weighted by atomic mass is 32.2. The normalized spacial score (nSPS) is 17.7. The topological polar surface area (TPSA) is 76.5 Å². The Morgan fingerprint density at radius 3 is 2.45 bits per heavy atom. The number of carbonyl (C=O) groups is 2. The van der Waals surface area contributed by atoms with Gasteiger partial charge in [-0.25, -0.2) is 12.7 Å². The SMILES string of the molecule is Cc1ccc(S(=O)(=O)N2CCC(C(=O)c3cn(C)c4ccccc34)CC2=O)cc1. The molecule has 1 aliphatic heterocycles. The first-order valence-corrected chi connectivity index (χ1v) is 10.9. The number of amides is 1. The van der Waals surface area contributed by atoms with Crippen LogP contribution in [-0.4, -0.2) is 35.5 Å². The van der Waals surface area contributed by atoms with Crippen molar-refractivity contribution in [1.29, 1.82) is 0 Å². The third-order valence-corrected chi connectivity index (χ3v) is 7.36. The Bertz CT molecular complexity index is 1210. The Balaban J connectivity index is 1.56. The molecule has 1 unspecified atom stereocenters. The Labute approximate surface area is 169 Å². The maximum atomic E-state index is 13.1. The summed E-state index contributed by atoms with van der Waals surface area (Å²) in [5, 5.41) is 0.849. The van der Waals surface area contributed by atoms with Crippen LogP contribution >= 0.6 is 0 Å². The molecule has 1 aliphatic rings. The lowest BCUT2D eigenvalue weighted by Crippen LogP contribution is -2.44. The molecular formula is C22H22N2O4S. The van der Waals surface area contributed by atoms with Crippen LogP contribution in [0.4, 0.5) is 0 Å². The van der Waals surface area contributed by atoms with Gasteiger partial charge >= 0.3 is 0 Å². The van der Waals surface area contributed by atoms with Gasteiger partial charge in [0, 0.05) is 48.6 Å². The number of carbonyl (C=O) groups excluding carboxylic acids is 2. The van der Waals surface area contributed by atoms with Crippen LogP contribution in [0.15, 0.2) is 59.6 Å². The maximum Gasteiger partial charge on any atom is 0.266 e. The van der Waals surface area contributed by atoms with Gasteiger partial charge in [-0.2, -0.15) is 0 Å². The second-order valence-corrected chi connectivity index (χ2v) is 9.37. The Morgan fingerprint density at radius 2 is 1.76 bits per heavy atom. The number of hydrogen-bond donors (Lipinski definition) is 0. The zero-order valence-corrected chi connectivity index (χ0v) is 17.1. The molecule has 1 aromatic heterocycles. The van der Waals surface area contributed by atoms with Crippen LogP contribution in [0.2, 0.25) is 0 Å². The number of aromatic nitrogens is 1. The molecule has 3 aromatic rings. The smallest absolute Gasteiger partial charge is 0.266 e. The van der Waals surface area contributed by atoms with Gasteiger partial charge in [0.15, 0.2) is 5.78 Å². The maximum absolute atomic E-state index is 13.1. The van der Waals surface area contributed by atoms with E-state index in [2.05, 4.69) is 0 Å². The molecule has 0 radical (unpaired) electrons. The Kier molecular flexibility index (Phi) is 4.78. The highest BCUT2D eigenvalue weighted by Gasteiger charge is 2.38. The zero-order valence-electron chi connectivity index (χ0n) is 16.3. The summed E-state index contributed by atoms with van der Waals surface area (Å²) in [6.45, 7) is 1.88. The molecule has 2 aromatic carbocycles. The Morgan fingerprint density at radius 1 is 1.07 bits per heavy atom. The van der Waals surface area contributed by atoms with E-state index in [0.29, 0.717) is 12.0 Å². The molecule has 1 amide bonds. The van der Waals surface area contributed by atoms with Crippen molar-refractivity contribution in [2.45, 2.75) is 24.7 Å². The molecule has 7 heteroatoms. The van der Waals surface area contributed by atoms with Gasteiger partial charge in [-0.3, -0.25) is 9.59 Å². The molecule has 0 saturated carbocycles. The van der Waals surface area contributed by atoms with Gasteiger partial charge in [0.1, 0.15) is 0 Å². The molecule has 1 atom stereocenters. The van der Waals surface area contributed by atoms with E-state index in [-0.39, 0.29) is 23.6 Å². The van der Waals surface area contributed by atoms with E-state index >= 15 is 0 Å². The second kappa shape index (κ2) is 7.15. The number of hydrogen-bond acceptors (Lipinski definition) is 4. The first-order chi connectivity index (χ1) is 13.8. The van der Waals surface area contributed by atoms with Gasteiger partial charge in [0.2, 0.25) is 5.91 Å². The third kappa shape index (κ3) is 3.35. The number of benzene rings is 2. The standard InChI is InChI=1S/C22H22N2O4S/c1-15-7-9-17(10-8-15)29(27,28)24-12-11-16(13-21(24)25)22(26)19-14-23(2)20-6-4-3-5-18(19)20/h3-10,14,16H,11-13H2,1-2H3. The summed E-state index contributed by atoms with van der Waals surface area (Å²) in [7, 11) is -2.03. The number of fused-ring (bicyclic) bond motifs is 1. The van der Waals surface area contributed by atoms with Crippen molar-refractivity contribution in [2.24, 2.45) is 13.0 Å². The van der Waals surface area contributed by atoms with Crippen LogP contribution < -0.4 is 0 Å². The van der Waals surface area contributed by atoms with E-state index < -0.39 is 21.8 Å². The molecule has 150 valence electrons. The summed E-state index contributed by atoms with van der Waals surface area (Å²) in [6, 6.07) is 14.0. The number of aryl methyl sites for hydroxylation is 2. The van der Waals surface area contributed by atoms with Crippen molar-refractivity contribution in [3.05, 3.63) is 65.9 Å². The molecule has 0 bridgehead atoms. The van der Waals surface area contributed by atoms with Crippen LogP contribution in [0.3, 0.4) is 0 Å². The summed E-state index contributed by atoms with van der Waals surface area (Å²) in [4.78, 5) is 25.9. The molecule has 1 fully saturated rings. The number of para-hydroxylation sites is 1. The van der Waals surface area contributed by atoms with Gasteiger partial charge in [-0.05, 0) is 31.5 Å². The van der Waals surface area contributed by atoms with Crippen molar-refractivity contribution in [3.8, 4) is 0 Å². The molecule has 0 spiro atoms. The predicted octanol–water partition coefficient (Wildman–Crippen LogP) is 3.30. The van der Waals surface area contributed by atoms with Crippen LogP contribution in [0.5, 0.6) is 0 Å². The van der Waals surface area contributed by atoms with E-state index in [1.165, 1.54) is 12.1 Å². The third-order valence-electron chi connectivity index (χ3n) is 5.52. The lowest BCUT2D eigenvalue weighted by Gasteiger charge is -2.30. The average Bonchev–Trinajstić information content (AvgIpc) is 3.04. The lowest BCUT2D eigenvalue weighted by molar-refractivity contribution is -0.129. The predicted molar refractivity (Wildman–Crippen MR) is 110 cm³/mol. The number of piperidine rings is 1. The van der Waals surface area contributed by atoms with Crippen molar-refractivity contribution in [1.82, 2.24) is 8.87 Å². The highest BCUT2D eigenvalue weighted by molar-refractivity contribution is 7.89.